The molecule has 2 saturated carbocycles. The molecule has 0 saturated heterocycles. The molecule has 0 radical (unpaired) electrons. The number of nitrogens with zero attached hydrogens (tertiary/aromatic N) is 3. The third kappa shape index (κ3) is 3.10. The maximum absolute atomic E-state index is 5.32. The van der Waals surface area contributed by atoms with Crippen LogP contribution in [0.1, 0.15) is 53.4 Å². The van der Waals surface area contributed by atoms with Crippen molar-refractivity contribution in [2.45, 2.75) is 53.4 Å². The molecule has 0 aromatic carbocycles. The van der Waals surface area contributed by atoms with Crippen molar-refractivity contribution >= 4 is 5.95 Å². The van der Waals surface area contributed by atoms with Gasteiger partial charge in [-0.15, -0.1) is 5.73 Å². The van der Waals surface area contributed by atoms with Crippen molar-refractivity contribution in [2.75, 3.05) is 11.9 Å². The first-order valence-electron chi connectivity index (χ1n) is 9.88. The van der Waals surface area contributed by atoms with Gasteiger partial charge in [0, 0.05) is 11.1 Å². The maximum atomic E-state index is 5.32. The molecule has 0 aliphatic heterocycles. The molecule has 1 aromatic heterocycles. The van der Waals surface area contributed by atoms with E-state index in [1.807, 2.05) is 6.92 Å². The van der Waals surface area contributed by atoms with Gasteiger partial charge in [-0.2, -0.15) is 9.97 Å². The molecule has 3 aliphatic carbocycles. The van der Waals surface area contributed by atoms with E-state index in [1.165, 1.54) is 36.7 Å². The zero-order valence-electron chi connectivity index (χ0n) is 16.7. The molecule has 1 aromatic rings. The molecular weight excluding hydrogens is 336 g/mol. The molecule has 2 unspecified atom stereocenters. The van der Waals surface area contributed by atoms with Gasteiger partial charge in [0.25, 0.3) is 0 Å². The third-order valence-corrected chi connectivity index (χ3v) is 6.95. The van der Waals surface area contributed by atoms with Crippen molar-refractivity contribution in [3.63, 3.8) is 0 Å². The second-order valence-electron chi connectivity index (χ2n) is 8.47. The van der Waals surface area contributed by atoms with Crippen LogP contribution in [0, 0.1) is 16.7 Å². The summed E-state index contributed by atoms with van der Waals surface area (Å²) in [5, 5.41) is 3.23. The number of anilines is 1. The van der Waals surface area contributed by atoms with Gasteiger partial charge < -0.3 is 10.1 Å². The number of allylic oxidation sites excluding steroid dienone is 4. The fraction of sp³-hybridized carbons (Fsp3) is 0.545. The third-order valence-electron chi connectivity index (χ3n) is 6.95. The summed E-state index contributed by atoms with van der Waals surface area (Å²) in [4.78, 5) is 12.4. The van der Waals surface area contributed by atoms with Gasteiger partial charge in [0.05, 0.1) is 6.61 Å². The lowest BCUT2D eigenvalue weighted by atomic mass is 9.69. The number of aromatic nitrogens is 3. The summed E-state index contributed by atoms with van der Waals surface area (Å²) in [7, 11) is 0. The molecule has 0 amide bonds. The summed E-state index contributed by atoms with van der Waals surface area (Å²) in [5.41, 5.74) is 8.23. The number of nitrogens with one attached hydrogen (secondary N) is 1. The average molecular weight is 364 g/mol. The lowest BCUT2D eigenvalue weighted by Crippen LogP contribution is -2.27. The van der Waals surface area contributed by atoms with Crippen LogP contribution < -0.4 is 10.1 Å². The van der Waals surface area contributed by atoms with Crippen molar-refractivity contribution in [1.82, 2.24) is 15.0 Å². The minimum Gasteiger partial charge on any atom is -0.464 e. The Bertz CT molecular complexity index is 876. The Morgan fingerprint density at radius 3 is 2.74 bits per heavy atom. The molecular formula is C22H28N4O. The first kappa shape index (κ1) is 18.0. The van der Waals surface area contributed by atoms with E-state index in [9.17, 15) is 0 Å². The van der Waals surface area contributed by atoms with Crippen LogP contribution in [0.3, 0.4) is 0 Å². The van der Waals surface area contributed by atoms with Crippen molar-refractivity contribution < 1.29 is 4.74 Å². The van der Waals surface area contributed by atoms with Crippen LogP contribution in [-0.2, 0) is 0 Å². The van der Waals surface area contributed by atoms with Crippen LogP contribution in [0.4, 0.5) is 5.95 Å². The summed E-state index contributed by atoms with van der Waals surface area (Å²) in [5.74, 6) is 1.31. The van der Waals surface area contributed by atoms with Crippen LogP contribution in [-0.4, -0.2) is 21.6 Å². The standard InChI is InChI=1S/C22H28N4O/c1-5-27-20-24-14-23-19(26-20)25-18-8-6-15(7-9-18)12-17-13-16-10-11-22(17,4)21(16,2)3/h6,8-9,14,16H,5,7,10-11,13H2,1-4H3,(H,23,24,25,26). The van der Waals surface area contributed by atoms with E-state index in [0.717, 1.165) is 18.0 Å². The molecule has 5 heteroatoms. The summed E-state index contributed by atoms with van der Waals surface area (Å²) >= 11 is 0. The van der Waals surface area contributed by atoms with E-state index < -0.39 is 0 Å². The van der Waals surface area contributed by atoms with Crippen LogP contribution in [0.15, 0.2) is 47.1 Å². The minimum absolute atomic E-state index is 0.307. The Kier molecular flexibility index (Phi) is 4.43. The van der Waals surface area contributed by atoms with Gasteiger partial charge in [-0.05, 0) is 67.2 Å². The van der Waals surface area contributed by atoms with Gasteiger partial charge in [0.1, 0.15) is 6.33 Å². The topological polar surface area (TPSA) is 59.9 Å². The Balaban J connectivity index is 1.49. The highest BCUT2D eigenvalue weighted by Crippen LogP contribution is 2.67. The molecule has 4 rings (SSSR count). The second kappa shape index (κ2) is 6.65. The van der Waals surface area contributed by atoms with Crippen molar-refractivity contribution in [3.8, 4) is 6.01 Å². The van der Waals surface area contributed by atoms with E-state index in [1.54, 1.807) is 0 Å². The molecule has 2 fully saturated rings. The SMILES string of the molecule is CCOc1ncnc(NC2=CCC(=C=C3CC4CCC3(C)C4(C)C)C=C2)n1. The molecule has 2 bridgehead atoms. The van der Waals surface area contributed by atoms with Gasteiger partial charge in [0.15, 0.2) is 0 Å². The second-order valence-corrected chi connectivity index (χ2v) is 8.47. The molecule has 5 nitrogen and oxygen atoms in total. The van der Waals surface area contributed by atoms with Gasteiger partial charge in [-0.1, -0.05) is 26.8 Å². The van der Waals surface area contributed by atoms with Crippen molar-refractivity contribution in [3.05, 3.63) is 47.1 Å². The molecule has 0 spiro atoms. The largest absolute Gasteiger partial charge is 0.464 e. The highest BCUT2D eigenvalue weighted by Gasteiger charge is 2.58. The smallest absolute Gasteiger partial charge is 0.321 e. The molecule has 3 aliphatic rings. The summed E-state index contributed by atoms with van der Waals surface area (Å²) < 4.78 is 5.32. The molecule has 142 valence electrons. The highest BCUT2D eigenvalue weighted by atomic mass is 16.5. The average Bonchev–Trinajstić information content (AvgIpc) is 2.97. The van der Waals surface area contributed by atoms with Crippen molar-refractivity contribution in [1.29, 1.82) is 0 Å². The predicted octanol–water partition coefficient (Wildman–Crippen LogP) is 4.82. The Labute approximate surface area is 161 Å². The molecule has 2 atom stereocenters. The van der Waals surface area contributed by atoms with Crippen LogP contribution in [0.25, 0.3) is 0 Å². The quantitative estimate of drug-likeness (QED) is 0.776. The lowest BCUT2D eigenvalue weighted by molar-refractivity contribution is 0.179. The highest BCUT2D eigenvalue weighted by molar-refractivity contribution is 5.46. The first-order valence-corrected chi connectivity index (χ1v) is 9.88. The first-order chi connectivity index (χ1) is 12.9. The van der Waals surface area contributed by atoms with Crippen molar-refractivity contribution in [2.24, 2.45) is 16.7 Å². The molecule has 27 heavy (non-hydrogen) atoms. The zero-order chi connectivity index (χ0) is 19.1. The summed E-state index contributed by atoms with van der Waals surface area (Å²) in [6.45, 7) is 9.76. The Morgan fingerprint density at radius 2 is 2.11 bits per heavy atom. The number of hydrogen-bond donors (Lipinski definition) is 1. The van der Waals surface area contributed by atoms with E-state index in [4.69, 9.17) is 4.74 Å². The van der Waals surface area contributed by atoms with Gasteiger partial charge in [-0.25, -0.2) is 4.98 Å². The normalized spacial score (nSPS) is 28.1. The number of ether oxygens (including phenoxy) is 1. The fourth-order valence-electron chi connectivity index (χ4n) is 4.75. The van der Waals surface area contributed by atoms with E-state index in [0.29, 0.717) is 29.4 Å². The monoisotopic (exact) mass is 364 g/mol. The van der Waals surface area contributed by atoms with E-state index in [-0.39, 0.29) is 0 Å². The molecule has 1 N–H and O–H groups in total. The Morgan fingerprint density at radius 1 is 1.26 bits per heavy atom. The van der Waals surface area contributed by atoms with Crippen LogP contribution in [0.2, 0.25) is 0 Å². The maximum Gasteiger partial charge on any atom is 0.321 e. The zero-order valence-corrected chi connectivity index (χ0v) is 16.7. The van der Waals surface area contributed by atoms with Gasteiger partial charge in [-0.3, -0.25) is 0 Å². The fourth-order valence-corrected chi connectivity index (χ4v) is 4.75. The Hall–Kier alpha value is -2.39. The van der Waals surface area contributed by atoms with E-state index in [2.05, 4.69) is 65.0 Å². The predicted molar refractivity (Wildman–Crippen MR) is 106 cm³/mol. The van der Waals surface area contributed by atoms with Gasteiger partial charge >= 0.3 is 6.01 Å². The number of rotatable bonds is 4. The summed E-state index contributed by atoms with van der Waals surface area (Å²) in [6.07, 6.45) is 12.6. The molecule has 1 heterocycles. The number of fused-ring (bicyclic) bond motifs is 2. The lowest BCUT2D eigenvalue weighted by Gasteiger charge is -2.34. The van der Waals surface area contributed by atoms with Crippen LogP contribution in [0.5, 0.6) is 6.01 Å². The number of hydrogen-bond acceptors (Lipinski definition) is 5. The van der Waals surface area contributed by atoms with E-state index >= 15 is 0 Å². The van der Waals surface area contributed by atoms with Gasteiger partial charge in [0.2, 0.25) is 5.95 Å². The summed E-state index contributed by atoms with van der Waals surface area (Å²) in [6, 6.07) is 0.341. The van der Waals surface area contributed by atoms with Crippen LogP contribution >= 0.6 is 0 Å². The minimum atomic E-state index is 0.307.